The quantitative estimate of drug-likeness (QED) is 0.776. The van der Waals surface area contributed by atoms with Crippen LogP contribution in [0.2, 0.25) is 0 Å². The van der Waals surface area contributed by atoms with Crippen LogP contribution in [0.1, 0.15) is 30.4 Å². The van der Waals surface area contributed by atoms with Gasteiger partial charge >= 0.3 is 0 Å². The van der Waals surface area contributed by atoms with Crippen molar-refractivity contribution in [3.63, 3.8) is 0 Å². The van der Waals surface area contributed by atoms with Gasteiger partial charge < -0.3 is 0 Å². The molecule has 1 saturated carbocycles. The third kappa shape index (κ3) is 1.95. The van der Waals surface area contributed by atoms with Crippen molar-refractivity contribution in [1.29, 1.82) is 0 Å². The Kier molecular flexibility index (Phi) is 2.70. The smallest absolute Gasteiger partial charge is 0.254 e. The maximum absolute atomic E-state index is 13.3. The summed E-state index contributed by atoms with van der Waals surface area (Å²) in [6.07, 6.45) is 1.44. The molecule has 1 saturated heterocycles. The molecule has 2 aliphatic rings. The lowest BCUT2D eigenvalue weighted by Crippen LogP contribution is -2.36. The molecule has 0 amide bonds. The van der Waals surface area contributed by atoms with E-state index in [1.54, 1.807) is 0 Å². The van der Waals surface area contributed by atoms with Gasteiger partial charge in [-0.3, -0.25) is 4.90 Å². The Labute approximate surface area is 107 Å². The summed E-state index contributed by atoms with van der Waals surface area (Å²) in [7, 11) is 0. The highest BCUT2D eigenvalue weighted by molar-refractivity contribution is 5.25. The summed E-state index contributed by atoms with van der Waals surface area (Å²) in [5, 5.41) is 0. The SMILES string of the molecule is Cc1ccccc1CN1CCC2(CC1)CC2(F)F. The van der Waals surface area contributed by atoms with E-state index in [4.69, 9.17) is 0 Å². The van der Waals surface area contributed by atoms with E-state index in [9.17, 15) is 8.78 Å². The van der Waals surface area contributed by atoms with E-state index in [0.717, 1.165) is 19.6 Å². The van der Waals surface area contributed by atoms with Crippen molar-refractivity contribution in [3.05, 3.63) is 35.4 Å². The van der Waals surface area contributed by atoms with E-state index in [0.29, 0.717) is 12.8 Å². The van der Waals surface area contributed by atoms with Gasteiger partial charge in [-0.2, -0.15) is 0 Å². The summed E-state index contributed by atoms with van der Waals surface area (Å²) in [5.74, 6) is -2.37. The third-order valence-corrected chi connectivity index (χ3v) is 4.68. The van der Waals surface area contributed by atoms with Gasteiger partial charge in [0.2, 0.25) is 0 Å². The van der Waals surface area contributed by atoms with Crippen molar-refractivity contribution in [2.45, 2.75) is 38.7 Å². The lowest BCUT2D eigenvalue weighted by Gasteiger charge is -2.32. The summed E-state index contributed by atoms with van der Waals surface area (Å²) >= 11 is 0. The molecule has 0 unspecified atom stereocenters. The van der Waals surface area contributed by atoms with Gasteiger partial charge in [0.15, 0.2) is 0 Å². The minimum Gasteiger partial charge on any atom is -0.299 e. The molecule has 1 heterocycles. The average Bonchev–Trinajstić information content (AvgIpc) is 2.86. The van der Waals surface area contributed by atoms with Crippen LogP contribution in [0.4, 0.5) is 8.78 Å². The first kappa shape index (κ1) is 12.1. The topological polar surface area (TPSA) is 3.24 Å². The molecule has 1 spiro atoms. The fraction of sp³-hybridized carbons (Fsp3) is 0.600. The zero-order valence-electron chi connectivity index (χ0n) is 10.8. The lowest BCUT2D eigenvalue weighted by atomic mass is 9.92. The zero-order chi connectivity index (χ0) is 12.8. The molecule has 18 heavy (non-hydrogen) atoms. The Morgan fingerprint density at radius 2 is 1.78 bits per heavy atom. The molecule has 0 aromatic heterocycles. The maximum Gasteiger partial charge on any atom is 0.254 e. The molecule has 0 atom stereocenters. The van der Waals surface area contributed by atoms with Crippen molar-refractivity contribution in [2.75, 3.05) is 13.1 Å². The predicted molar refractivity (Wildman–Crippen MR) is 67.7 cm³/mol. The van der Waals surface area contributed by atoms with Gasteiger partial charge in [0, 0.05) is 18.4 Å². The third-order valence-electron chi connectivity index (χ3n) is 4.68. The predicted octanol–water partition coefficient (Wildman–Crippen LogP) is 3.62. The van der Waals surface area contributed by atoms with Crippen LogP contribution in [0.25, 0.3) is 0 Å². The molecule has 0 bridgehead atoms. The fourth-order valence-electron chi connectivity index (χ4n) is 3.09. The van der Waals surface area contributed by atoms with E-state index in [2.05, 4.69) is 24.0 Å². The van der Waals surface area contributed by atoms with Crippen LogP contribution >= 0.6 is 0 Å². The van der Waals surface area contributed by atoms with Crippen LogP contribution in [0.5, 0.6) is 0 Å². The first-order valence-electron chi connectivity index (χ1n) is 6.67. The normalized spacial score (nSPS) is 25.3. The number of nitrogens with zero attached hydrogens (tertiary/aromatic N) is 1. The largest absolute Gasteiger partial charge is 0.299 e. The van der Waals surface area contributed by atoms with Gasteiger partial charge in [0.1, 0.15) is 0 Å². The summed E-state index contributed by atoms with van der Waals surface area (Å²) in [4.78, 5) is 2.31. The molecule has 1 aliphatic heterocycles. The average molecular weight is 251 g/mol. The van der Waals surface area contributed by atoms with Crippen molar-refractivity contribution >= 4 is 0 Å². The molecular formula is C15H19F2N. The summed E-state index contributed by atoms with van der Waals surface area (Å²) in [6, 6.07) is 8.32. The minimum atomic E-state index is -2.37. The van der Waals surface area contributed by atoms with Gasteiger partial charge in [-0.25, -0.2) is 8.78 Å². The highest BCUT2D eigenvalue weighted by atomic mass is 19.3. The zero-order valence-corrected chi connectivity index (χ0v) is 10.8. The second-order valence-electron chi connectivity index (χ2n) is 5.86. The van der Waals surface area contributed by atoms with Gasteiger partial charge in [-0.05, 0) is 44.0 Å². The minimum absolute atomic E-state index is 0.123. The molecular weight excluding hydrogens is 232 g/mol. The summed E-state index contributed by atoms with van der Waals surface area (Å²) in [5.41, 5.74) is 1.97. The van der Waals surface area contributed by atoms with Crippen LogP contribution in [0, 0.1) is 12.3 Å². The second kappa shape index (κ2) is 4.02. The highest BCUT2D eigenvalue weighted by Gasteiger charge is 2.70. The number of alkyl halides is 2. The van der Waals surface area contributed by atoms with E-state index >= 15 is 0 Å². The molecule has 1 aromatic carbocycles. The van der Waals surface area contributed by atoms with Crippen molar-refractivity contribution < 1.29 is 8.78 Å². The van der Waals surface area contributed by atoms with Crippen LogP contribution in [0.3, 0.4) is 0 Å². The Hall–Kier alpha value is -0.960. The number of halogens is 2. The molecule has 0 radical (unpaired) electrons. The number of piperidine rings is 1. The number of benzene rings is 1. The second-order valence-corrected chi connectivity index (χ2v) is 5.86. The molecule has 3 heteroatoms. The molecule has 3 rings (SSSR count). The van der Waals surface area contributed by atoms with E-state index in [1.807, 2.05) is 12.1 Å². The Morgan fingerprint density at radius 3 is 2.33 bits per heavy atom. The van der Waals surface area contributed by atoms with E-state index in [1.165, 1.54) is 11.1 Å². The Bertz CT molecular complexity index is 448. The number of hydrogen-bond donors (Lipinski definition) is 0. The van der Waals surface area contributed by atoms with Crippen molar-refractivity contribution in [1.82, 2.24) is 4.90 Å². The first-order valence-corrected chi connectivity index (χ1v) is 6.67. The Morgan fingerprint density at radius 1 is 1.17 bits per heavy atom. The van der Waals surface area contributed by atoms with Crippen LogP contribution in [-0.2, 0) is 6.54 Å². The van der Waals surface area contributed by atoms with Crippen molar-refractivity contribution in [2.24, 2.45) is 5.41 Å². The van der Waals surface area contributed by atoms with Gasteiger partial charge in [0.05, 0.1) is 0 Å². The number of likely N-dealkylation sites (tertiary alicyclic amines) is 1. The molecule has 98 valence electrons. The monoisotopic (exact) mass is 251 g/mol. The summed E-state index contributed by atoms with van der Waals surface area (Å²) < 4.78 is 26.5. The first-order chi connectivity index (χ1) is 8.52. The number of rotatable bonds is 2. The summed E-state index contributed by atoms with van der Waals surface area (Å²) in [6.45, 7) is 4.62. The van der Waals surface area contributed by atoms with Gasteiger partial charge in [-0.15, -0.1) is 0 Å². The van der Waals surface area contributed by atoms with E-state index < -0.39 is 11.3 Å². The lowest BCUT2D eigenvalue weighted by molar-refractivity contribution is 0.0299. The Balaban J connectivity index is 1.60. The molecule has 2 fully saturated rings. The van der Waals surface area contributed by atoms with Gasteiger partial charge in [0.25, 0.3) is 5.92 Å². The van der Waals surface area contributed by atoms with Crippen LogP contribution in [-0.4, -0.2) is 23.9 Å². The van der Waals surface area contributed by atoms with Crippen LogP contribution < -0.4 is 0 Å². The highest BCUT2D eigenvalue weighted by Crippen LogP contribution is 2.65. The van der Waals surface area contributed by atoms with E-state index in [-0.39, 0.29) is 6.42 Å². The molecule has 1 aliphatic carbocycles. The fourth-order valence-corrected chi connectivity index (χ4v) is 3.09. The molecule has 1 nitrogen and oxygen atoms in total. The van der Waals surface area contributed by atoms with Gasteiger partial charge in [-0.1, -0.05) is 24.3 Å². The standard InChI is InChI=1S/C15H19F2N/c1-12-4-2-3-5-13(12)10-18-8-6-14(7-9-18)11-15(14,16)17/h2-5H,6-11H2,1H3. The molecule has 1 aromatic rings. The van der Waals surface area contributed by atoms with Crippen LogP contribution in [0.15, 0.2) is 24.3 Å². The number of aryl methyl sites for hydroxylation is 1. The number of hydrogen-bond acceptors (Lipinski definition) is 1. The molecule has 0 N–H and O–H groups in total. The maximum atomic E-state index is 13.3. The van der Waals surface area contributed by atoms with Crippen molar-refractivity contribution in [3.8, 4) is 0 Å².